The molecule has 4 rings (SSSR count). The van der Waals surface area contributed by atoms with Crippen molar-refractivity contribution in [2.24, 2.45) is 0 Å². The first-order valence-corrected chi connectivity index (χ1v) is 9.12. The van der Waals surface area contributed by atoms with E-state index in [1.807, 2.05) is 6.92 Å². The molecule has 2 aromatic rings. The van der Waals surface area contributed by atoms with Gasteiger partial charge in [0.1, 0.15) is 11.6 Å². The third-order valence-corrected chi connectivity index (χ3v) is 5.36. The molecule has 0 spiro atoms. The summed E-state index contributed by atoms with van der Waals surface area (Å²) in [4.78, 5) is 14.5. The third kappa shape index (κ3) is 3.30. The fourth-order valence-corrected chi connectivity index (χ4v) is 3.90. The van der Waals surface area contributed by atoms with Crippen LogP contribution in [0.1, 0.15) is 60.9 Å². The van der Waals surface area contributed by atoms with E-state index in [0.29, 0.717) is 12.3 Å². The number of hydrogen-bond acceptors (Lipinski definition) is 4. The number of rotatable bonds is 2. The van der Waals surface area contributed by atoms with Crippen molar-refractivity contribution in [2.45, 2.75) is 56.9 Å². The van der Waals surface area contributed by atoms with Crippen LogP contribution in [0.5, 0.6) is 0 Å². The third-order valence-electron chi connectivity index (χ3n) is 5.36. The van der Waals surface area contributed by atoms with Crippen LogP contribution in [0.3, 0.4) is 0 Å². The molecule has 0 aliphatic carbocycles. The molecule has 0 bridgehead atoms. The van der Waals surface area contributed by atoms with E-state index in [9.17, 15) is 18.0 Å². The number of piperidine rings is 1. The van der Waals surface area contributed by atoms with Crippen LogP contribution in [-0.4, -0.2) is 39.4 Å². The van der Waals surface area contributed by atoms with Gasteiger partial charge < -0.3 is 14.6 Å². The molecule has 146 valence electrons. The van der Waals surface area contributed by atoms with Crippen molar-refractivity contribution in [3.8, 4) is 0 Å². The molecule has 4 heterocycles. The summed E-state index contributed by atoms with van der Waals surface area (Å²) in [5.41, 5.74) is 0.0422. The molecule has 2 aliphatic rings. The molecule has 3 atom stereocenters. The van der Waals surface area contributed by atoms with Crippen LogP contribution in [0.4, 0.5) is 19.0 Å². The molecule has 1 fully saturated rings. The maximum atomic E-state index is 13.6. The minimum Gasteiger partial charge on any atom is -0.467 e. The Morgan fingerprint density at radius 1 is 1.37 bits per heavy atom. The van der Waals surface area contributed by atoms with Crippen molar-refractivity contribution in [3.63, 3.8) is 0 Å². The van der Waals surface area contributed by atoms with E-state index in [1.165, 1.54) is 12.3 Å². The largest absolute Gasteiger partial charge is 0.467 e. The van der Waals surface area contributed by atoms with Gasteiger partial charge in [0.05, 0.1) is 12.3 Å². The van der Waals surface area contributed by atoms with Crippen LogP contribution in [0.15, 0.2) is 28.9 Å². The van der Waals surface area contributed by atoms with Crippen molar-refractivity contribution in [3.05, 3.63) is 35.9 Å². The highest BCUT2D eigenvalue weighted by molar-refractivity contribution is 5.93. The lowest BCUT2D eigenvalue weighted by Gasteiger charge is -2.33. The molecule has 27 heavy (non-hydrogen) atoms. The Bertz CT molecular complexity index is 815. The number of hydrogen-bond donors (Lipinski definition) is 1. The first-order chi connectivity index (χ1) is 12.8. The second-order valence-electron chi connectivity index (χ2n) is 7.21. The van der Waals surface area contributed by atoms with Crippen molar-refractivity contribution in [1.29, 1.82) is 0 Å². The highest BCUT2D eigenvalue weighted by Crippen LogP contribution is 2.43. The van der Waals surface area contributed by atoms with Gasteiger partial charge in [0, 0.05) is 25.1 Å². The number of nitrogens with zero attached hydrogens (tertiary/aromatic N) is 3. The zero-order valence-electron chi connectivity index (χ0n) is 14.9. The minimum absolute atomic E-state index is 0.0422. The van der Waals surface area contributed by atoms with Crippen molar-refractivity contribution < 1.29 is 22.4 Å². The minimum atomic E-state index is -4.48. The summed E-state index contributed by atoms with van der Waals surface area (Å²) in [6.07, 6.45) is -0.464. The van der Waals surface area contributed by atoms with Gasteiger partial charge in [0.2, 0.25) is 0 Å². The second kappa shape index (κ2) is 6.61. The molecule has 1 saturated heterocycles. The monoisotopic (exact) mass is 382 g/mol. The second-order valence-corrected chi connectivity index (χ2v) is 7.21. The predicted octanol–water partition coefficient (Wildman–Crippen LogP) is 4.15. The molecule has 0 unspecified atom stereocenters. The van der Waals surface area contributed by atoms with Crippen molar-refractivity contribution in [1.82, 2.24) is 14.7 Å². The molecule has 0 saturated carbocycles. The Kier molecular flexibility index (Phi) is 4.39. The lowest BCUT2D eigenvalue weighted by molar-refractivity contribution is -0.174. The number of carbonyl (C=O) groups excluding carboxylic acids is 1. The van der Waals surface area contributed by atoms with E-state index in [4.69, 9.17) is 4.42 Å². The molecule has 0 radical (unpaired) electrons. The van der Waals surface area contributed by atoms with Crippen LogP contribution < -0.4 is 5.32 Å². The van der Waals surface area contributed by atoms with Gasteiger partial charge in [-0.2, -0.15) is 18.3 Å². The van der Waals surface area contributed by atoms with E-state index in [0.717, 1.165) is 23.9 Å². The van der Waals surface area contributed by atoms with E-state index in [1.54, 1.807) is 17.0 Å². The Labute approximate surface area is 154 Å². The molecular weight excluding hydrogens is 361 g/mol. The summed E-state index contributed by atoms with van der Waals surface area (Å²) in [6, 6.07) is 2.30. The molecular formula is C18H21F3N4O2. The summed E-state index contributed by atoms with van der Waals surface area (Å²) in [7, 11) is 0. The number of alkyl halides is 3. The number of anilines is 1. The lowest BCUT2D eigenvalue weighted by Crippen LogP contribution is -2.42. The summed E-state index contributed by atoms with van der Waals surface area (Å²) in [6.45, 7) is 2.56. The van der Waals surface area contributed by atoms with E-state index in [2.05, 4.69) is 10.4 Å². The fraction of sp³-hybridized carbons (Fsp3) is 0.556. The van der Waals surface area contributed by atoms with Gasteiger partial charge >= 0.3 is 6.18 Å². The number of aromatic nitrogens is 2. The summed E-state index contributed by atoms with van der Waals surface area (Å²) < 4.78 is 47.1. The Balaban J connectivity index is 1.66. The highest BCUT2D eigenvalue weighted by Gasteiger charge is 2.47. The molecule has 9 heteroatoms. The van der Waals surface area contributed by atoms with Gasteiger partial charge in [-0.3, -0.25) is 4.79 Å². The van der Waals surface area contributed by atoms with Crippen molar-refractivity contribution >= 4 is 11.7 Å². The highest BCUT2D eigenvalue weighted by atomic mass is 19.4. The first kappa shape index (κ1) is 17.9. The number of nitrogens with one attached hydrogen (secondary N) is 1. The predicted molar refractivity (Wildman–Crippen MR) is 91.4 cm³/mol. The van der Waals surface area contributed by atoms with Gasteiger partial charge in [0.25, 0.3) is 5.91 Å². The van der Waals surface area contributed by atoms with E-state index < -0.39 is 18.3 Å². The Morgan fingerprint density at radius 2 is 2.19 bits per heavy atom. The normalized spacial score (nSPS) is 25.8. The average Bonchev–Trinajstić information content (AvgIpc) is 3.29. The average molecular weight is 382 g/mol. The van der Waals surface area contributed by atoms with E-state index in [-0.39, 0.29) is 29.9 Å². The summed E-state index contributed by atoms with van der Waals surface area (Å²) in [5.74, 6) is 0.286. The fourth-order valence-electron chi connectivity index (χ4n) is 3.90. The molecule has 2 aliphatic heterocycles. The summed E-state index contributed by atoms with van der Waals surface area (Å²) in [5, 5.41) is 7.06. The smallest absolute Gasteiger partial charge is 0.410 e. The SMILES string of the molecule is C[C@@H]1CCCCN1C(=O)c1cc2n(n1)[C@H](C(F)(F)F)C[C@H](c1ccco1)N2. The maximum absolute atomic E-state index is 13.6. The first-order valence-electron chi connectivity index (χ1n) is 9.12. The van der Waals surface area contributed by atoms with Gasteiger partial charge in [-0.15, -0.1) is 0 Å². The van der Waals surface area contributed by atoms with Gasteiger partial charge in [-0.05, 0) is 38.3 Å². The van der Waals surface area contributed by atoms with Crippen LogP contribution >= 0.6 is 0 Å². The number of fused-ring (bicyclic) bond motifs is 1. The van der Waals surface area contributed by atoms with Crippen LogP contribution in [0.25, 0.3) is 0 Å². The molecule has 1 amide bonds. The van der Waals surface area contributed by atoms with Crippen LogP contribution in [0, 0.1) is 0 Å². The standard InChI is InChI=1S/C18H21F3N4O2/c1-11-5-2-3-7-24(11)17(26)13-10-16-22-12(14-6-4-8-27-14)9-15(18(19,20)21)25(16)23-13/h4,6,8,10-12,15,22H,2-3,5,7,9H2,1H3/t11-,12-,15+/m1/s1. The number of furan rings is 1. The van der Waals surface area contributed by atoms with Crippen LogP contribution in [-0.2, 0) is 0 Å². The topological polar surface area (TPSA) is 63.3 Å². The van der Waals surface area contributed by atoms with Gasteiger partial charge in [0.15, 0.2) is 11.7 Å². The Hall–Kier alpha value is -2.45. The van der Waals surface area contributed by atoms with Gasteiger partial charge in [-0.25, -0.2) is 4.68 Å². The van der Waals surface area contributed by atoms with Crippen LogP contribution in [0.2, 0.25) is 0 Å². The number of likely N-dealkylation sites (tertiary alicyclic amines) is 1. The molecule has 0 aromatic carbocycles. The van der Waals surface area contributed by atoms with Gasteiger partial charge in [-0.1, -0.05) is 0 Å². The summed E-state index contributed by atoms with van der Waals surface area (Å²) >= 11 is 0. The van der Waals surface area contributed by atoms with E-state index >= 15 is 0 Å². The number of amides is 1. The maximum Gasteiger partial charge on any atom is 0.410 e. The zero-order valence-corrected chi connectivity index (χ0v) is 14.9. The lowest BCUT2D eigenvalue weighted by atomic mass is 10.0. The molecule has 6 nitrogen and oxygen atoms in total. The number of halogens is 3. The quantitative estimate of drug-likeness (QED) is 0.848. The molecule has 1 N–H and O–H groups in total. The van der Waals surface area contributed by atoms with Crippen molar-refractivity contribution in [2.75, 3.05) is 11.9 Å². The Morgan fingerprint density at radius 3 is 2.85 bits per heavy atom. The number of carbonyl (C=O) groups is 1. The zero-order chi connectivity index (χ0) is 19.2. The molecule has 2 aromatic heterocycles.